The van der Waals surface area contributed by atoms with Crippen molar-refractivity contribution in [1.29, 1.82) is 0 Å². The molecule has 3 aromatic carbocycles. The number of nitrogens with zero attached hydrogens (tertiary/aromatic N) is 5. The zero-order valence-electron chi connectivity index (χ0n) is 24.7. The van der Waals surface area contributed by atoms with Crippen LogP contribution in [-0.4, -0.2) is 64.5 Å². The van der Waals surface area contributed by atoms with Gasteiger partial charge in [-0.1, -0.05) is 54.1 Å². The van der Waals surface area contributed by atoms with E-state index in [0.717, 1.165) is 12.1 Å². The first-order valence-corrected chi connectivity index (χ1v) is 16.1. The van der Waals surface area contributed by atoms with Crippen LogP contribution in [0.5, 0.6) is 5.75 Å². The number of pyridine rings is 1. The number of halogens is 1. The van der Waals surface area contributed by atoms with Gasteiger partial charge in [0.1, 0.15) is 5.75 Å². The third-order valence-corrected chi connectivity index (χ3v) is 9.97. The highest BCUT2D eigenvalue weighted by molar-refractivity contribution is 7.89. The van der Waals surface area contributed by atoms with Gasteiger partial charge in [0.15, 0.2) is 17.7 Å². The van der Waals surface area contributed by atoms with E-state index in [2.05, 4.69) is 5.10 Å². The summed E-state index contributed by atoms with van der Waals surface area (Å²) in [7, 11) is -2.57. The number of morpholine rings is 1. The highest BCUT2D eigenvalue weighted by Gasteiger charge is 2.37. The Hall–Kier alpha value is -4.69. The van der Waals surface area contributed by atoms with E-state index in [1.807, 2.05) is 6.07 Å². The number of sulfonamides is 1. The maximum atomic E-state index is 13.9. The smallest absolute Gasteiger partial charge is 0.269 e. The van der Waals surface area contributed by atoms with Gasteiger partial charge in [-0.25, -0.2) is 18.1 Å². The van der Waals surface area contributed by atoms with E-state index in [0.29, 0.717) is 44.0 Å². The van der Waals surface area contributed by atoms with Crippen LogP contribution in [0.15, 0.2) is 89.8 Å². The zero-order valence-corrected chi connectivity index (χ0v) is 26.3. The number of non-ortho nitro benzene ring substituents is 1. The van der Waals surface area contributed by atoms with E-state index in [4.69, 9.17) is 26.1 Å². The van der Waals surface area contributed by atoms with Gasteiger partial charge in [-0.2, -0.15) is 9.40 Å². The number of rotatable bonds is 9. The summed E-state index contributed by atoms with van der Waals surface area (Å²) in [5, 5.41) is 17.5. The van der Waals surface area contributed by atoms with E-state index < -0.39 is 27.3 Å². The number of ether oxygens (including phenoxy) is 2. The number of aromatic nitrogens is 3. The summed E-state index contributed by atoms with van der Waals surface area (Å²) in [4.78, 5) is 28.0. The monoisotopic (exact) mass is 661 g/mol. The molecule has 1 fully saturated rings. The summed E-state index contributed by atoms with van der Waals surface area (Å²) < 4.78 is 42.2. The zero-order chi connectivity index (χ0) is 32.6. The van der Waals surface area contributed by atoms with Gasteiger partial charge >= 0.3 is 0 Å². The lowest BCUT2D eigenvalue weighted by molar-refractivity contribution is -0.384. The Morgan fingerprint density at radius 1 is 1.13 bits per heavy atom. The van der Waals surface area contributed by atoms with Crippen molar-refractivity contribution in [3.05, 3.63) is 111 Å². The minimum atomic E-state index is -4.13. The van der Waals surface area contributed by atoms with Crippen LogP contribution in [0.4, 0.5) is 5.69 Å². The van der Waals surface area contributed by atoms with Gasteiger partial charge in [-0.3, -0.25) is 14.9 Å². The molecule has 2 aromatic heterocycles. The van der Waals surface area contributed by atoms with Crippen molar-refractivity contribution in [2.45, 2.75) is 30.6 Å². The second-order valence-electron chi connectivity index (χ2n) is 10.7. The maximum Gasteiger partial charge on any atom is 0.269 e. The molecule has 5 aromatic rings. The molecule has 0 unspecified atom stereocenters. The van der Waals surface area contributed by atoms with E-state index in [-0.39, 0.29) is 35.9 Å². The number of nitro benzene ring substituents is 1. The number of allylic oxidation sites excluding steroid dienone is 1. The lowest BCUT2D eigenvalue weighted by Crippen LogP contribution is -2.48. The average Bonchev–Trinajstić information content (AvgIpc) is 3.40. The Bertz CT molecular complexity index is 2100. The van der Waals surface area contributed by atoms with Crippen molar-refractivity contribution in [3.63, 3.8) is 0 Å². The number of aryl methyl sites for hydroxylation is 1. The van der Waals surface area contributed by atoms with Gasteiger partial charge in [0.2, 0.25) is 10.0 Å². The van der Waals surface area contributed by atoms with Gasteiger partial charge in [-0.15, -0.1) is 0 Å². The van der Waals surface area contributed by atoms with E-state index in [9.17, 15) is 23.3 Å². The van der Waals surface area contributed by atoms with Crippen LogP contribution in [0.25, 0.3) is 21.9 Å². The van der Waals surface area contributed by atoms with Crippen molar-refractivity contribution in [2.24, 2.45) is 0 Å². The van der Waals surface area contributed by atoms with Crippen LogP contribution in [-0.2, 0) is 14.8 Å². The standard InChI is InChI=1S/C32H28ClN5O7S/c1-20-30-31(33)26-17-23(44-2)13-16-27(26)34-32(30)37(35-20)29-19-36(46(42,43)25-14-11-22(12-15-25)38(40)41)18-24(45-29)9-6-10-28(39)21-7-4-3-5-8-21/h3-9,11-17,24,29H,10,18-19H2,1-2H3/b9-6+/t24-,29-/m1/s1. The topological polar surface area (TPSA) is 147 Å². The summed E-state index contributed by atoms with van der Waals surface area (Å²) in [5.74, 6) is 0.513. The molecule has 0 amide bonds. The number of Topliss-reactive ketones (excluding diaryl/α,β-unsaturated/α-hetero) is 1. The van der Waals surface area contributed by atoms with Gasteiger partial charge in [0, 0.05) is 36.0 Å². The number of hydrogen-bond donors (Lipinski definition) is 0. The maximum absolute atomic E-state index is 13.9. The van der Waals surface area contributed by atoms with Crippen molar-refractivity contribution in [3.8, 4) is 5.75 Å². The average molecular weight is 662 g/mol. The predicted octanol–water partition coefficient (Wildman–Crippen LogP) is 5.88. The molecule has 1 aliphatic heterocycles. The molecule has 0 bridgehead atoms. The van der Waals surface area contributed by atoms with Gasteiger partial charge in [0.25, 0.3) is 5.69 Å². The lowest BCUT2D eigenvalue weighted by Gasteiger charge is -2.36. The molecule has 1 aliphatic rings. The molecule has 0 saturated carbocycles. The summed E-state index contributed by atoms with van der Waals surface area (Å²) in [6.07, 6.45) is 1.69. The number of carbonyl (C=O) groups is 1. The molecule has 0 spiro atoms. The first-order chi connectivity index (χ1) is 22.1. The SMILES string of the molecule is COc1ccc2nc3c(c(C)nn3[C@H]3CN(S(=O)(=O)c4ccc([N+](=O)[O-])cc4)C[C@@H](/C=C/CC(=O)c4ccccc4)O3)c(Cl)c2c1. The molecule has 14 heteroatoms. The van der Waals surface area contributed by atoms with Gasteiger partial charge in [0.05, 0.1) is 51.2 Å². The molecule has 1 saturated heterocycles. The van der Waals surface area contributed by atoms with Gasteiger partial charge < -0.3 is 9.47 Å². The van der Waals surface area contributed by atoms with Crippen LogP contribution in [0.3, 0.4) is 0 Å². The number of benzene rings is 3. The van der Waals surface area contributed by atoms with Gasteiger partial charge in [-0.05, 0) is 37.3 Å². The van der Waals surface area contributed by atoms with Crippen LogP contribution in [0.1, 0.15) is 28.7 Å². The molecular formula is C32H28ClN5O7S. The Kier molecular flexibility index (Phi) is 8.57. The minimum Gasteiger partial charge on any atom is -0.497 e. The molecule has 12 nitrogen and oxygen atoms in total. The number of carbonyl (C=O) groups excluding carboxylic acids is 1. The fraction of sp³-hybridized carbons (Fsp3) is 0.219. The highest BCUT2D eigenvalue weighted by Crippen LogP contribution is 2.36. The first-order valence-electron chi connectivity index (χ1n) is 14.2. The van der Waals surface area contributed by atoms with Crippen LogP contribution in [0, 0.1) is 17.0 Å². The quantitative estimate of drug-likeness (QED) is 0.0817. The fourth-order valence-electron chi connectivity index (χ4n) is 5.40. The second-order valence-corrected chi connectivity index (χ2v) is 13.0. The van der Waals surface area contributed by atoms with Crippen LogP contribution >= 0.6 is 11.6 Å². The largest absolute Gasteiger partial charge is 0.497 e. The van der Waals surface area contributed by atoms with Crippen molar-refractivity contribution >= 4 is 55.0 Å². The Morgan fingerprint density at radius 2 is 1.87 bits per heavy atom. The molecule has 236 valence electrons. The van der Waals surface area contributed by atoms with Crippen LogP contribution < -0.4 is 4.74 Å². The molecule has 6 rings (SSSR count). The Labute approximate surface area is 269 Å². The minimum absolute atomic E-state index is 0.0685. The molecule has 0 aliphatic carbocycles. The Morgan fingerprint density at radius 3 is 2.57 bits per heavy atom. The van der Waals surface area contributed by atoms with Crippen LogP contribution in [0.2, 0.25) is 5.02 Å². The normalized spacial score (nSPS) is 17.5. The lowest BCUT2D eigenvalue weighted by atomic mass is 10.1. The summed E-state index contributed by atoms with van der Waals surface area (Å²) >= 11 is 6.87. The molecular weight excluding hydrogens is 634 g/mol. The number of fused-ring (bicyclic) bond motifs is 2. The van der Waals surface area contributed by atoms with E-state index in [1.54, 1.807) is 68.7 Å². The second kappa shape index (κ2) is 12.6. The number of hydrogen-bond acceptors (Lipinski definition) is 9. The summed E-state index contributed by atoms with van der Waals surface area (Å²) in [5.41, 5.74) is 1.89. The molecule has 0 radical (unpaired) electrons. The number of methoxy groups -OCH3 is 1. The summed E-state index contributed by atoms with van der Waals surface area (Å²) in [6, 6.07) is 18.9. The van der Waals surface area contributed by atoms with Crippen molar-refractivity contribution in [2.75, 3.05) is 20.2 Å². The molecule has 3 heterocycles. The fourth-order valence-corrected chi connectivity index (χ4v) is 7.21. The molecule has 2 atom stereocenters. The number of ketones is 1. The van der Waals surface area contributed by atoms with Crippen molar-refractivity contribution < 1.29 is 27.6 Å². The summed E-state index contributed by atoms with van der Waals surface area (Å²) in [6.45, 7) is 1.57. The Balaban J connectivity index is 1.38. The molecule has 0 N–H and O–H groups in total. The first kappa shape index (κ1) is 31.3. The number of nitro groups is 1. The van der Waals surface area contributed by atoms with Crippen molar-refractivity contribution in [1.82, 2.24) is 19.1 Å². The highest BCUT2D eigenvalue weighted by atomic mass is 35.5. The van der Waals surface area contributed by atoms with E-state index >= 15 is 0 Å². The predicted molar refractivity (Wildman–Crippen MR) is 172 cm³/mol. The molecule has 46 heavy (non-hydrogen) atoms. The third kappa shape index (κ3) is 5.97. The van der Waals surface area contributed by atoms with E-state index in [1.165, 1.54) is 21.1 Å². The third-order valence-electron chi connectivity index (χ3n) is 7.73.